The number of carbonyl (C=O) groups is 2. The molecule has 0 radical (unpaired) electrons. The summed E-state index contributed by atoms with van der Waals surface area (Å²) in [5.41, 5.74) is 12.9. The first-order valence-corrected chi connectivity index (χ1v) is 8.08. The Bertz CT molecular complexity index is 703. The van der Waals surface area contributed by atoms with E-state index in [0.29, 0.717) is 17.4 Å². The third-order valence-corrected chi connectivity index (χ3v) is 4.42. The molecule has 1 aliphatic rings. The van der Waals surface area contributed by atoms with E-state index in [-0.39, 0.29) is 24.3 Å². The highest BCUT2D eigenvalue weighted by molar-refractivity contribution is 7.13. The van der Waals surface area contributed by atoms with Gasteiger partial charge in [-0.25, -0.2) is 10.4 Å². The molecule has 1 aliphatic heterocycles. The van der Waals surface area contributed by atoms with Crippen LogP contribution in [0.25, 0.3) is 0 Å². The molecule has 23 heavy (non-hydrogen) atoms. The van der Waals surface area contributed by atoms with E-state index in [2.05, 4.69) is 21.2 Å². The lowest BCUT2D eigenvalue weighted by Gasteiger charge is -2.17. The van der Waals surface area contributed by atoms with Gasteiger partial charge in [0.05, 0.1) is 24.1 Å². The second-order valence-electron chi connectivity index (χ2n) is 5.30. The number of carbonyl (C=O) groups excluding carboxylic acids is 2. The van der Waals surface area contributed by atoms with Crippen LogP contribution in [-0.2, 0) is 16.0 Å². The fourth-order valence-electron chi connectivity index (χ4n) is 2.54. The van der Waals surface area contributed by atoms with Gasteiger partial charge in [0.1, 0.15) is 0 Å². The minimum Gasteiger partial charge on any atom is -0.369 e. The summed E-state index contributed by atoms with van der Waals surface area (Å²) < 4.78 is 0. The number of nitrogens with two attached hydrogens (primary N) is 1. The van der Waals surface area contributed by atoms with Crippen LogP contribution in [0.3, 0.4) is 0 Å². The van der Waals surface area contributed by atoms with E-state index in [0.717, 1.165) is 5.56 Å². The molecule has 120 valence electrons. The monoisotopic (exact) mass is 331 g/mol. The van der Waals surface area contributed by atoms with Gasteiger partial charge in [0.15, 0.2) is 5.13 Å². The summed E-state index contributed by atoms with van der Waals surface area (Å²) in [5.74, 6) is -0.807. The lowest BCUT2D eigenvalue weighted by atomic mass is 9.94. The second-order valence-corrected chi connectivity index (χ2v) is 6.15. The lowest BCUT2D eigenvalue weighted by Crippen LogP contribution is -2.29. The quantitative estimate of drug-likeness (QED) is 0.641. The van der Waals surface area contributed by atoms with E-state index in [1.165, 1.54) is 11.3 Å². The van der Waals surface area contributed by atoms with Crippen molar-refractivity contribution < 1.29 is 9.59 Å². The normalized spacial score (nSPS) is 20.3. The van der Waals surface area contributed by atoms with Crippen molar-refractivity contribution in [3.8, 4) is 0 Å². The van der Waals surface area contributed by atoms with Gasteiger partial charge in [-0.2, -0.15) is 0 Å². The highest BCUT2D eigenvalue weighted by Crippen LogP contribution is 2.26. The number of rotatable bonds is 5. The molecule has 0 aliphatic carbocycles. The number of anilines is 1. The maximum Gasteiger partial charge on any atom is 0.232 e. The van der Waals surface area contributed by atoms with Crippen LogP contribution in [0.1, 0.15) is 17.3 Å². The Hall–Kier alpha value is -2.29. The summed E-state index contributed by atoms with van der Waals surface area (Å²) in [6.07, 6.45) is 0.0750. The van der Waals surface area contributed by atoms with Crippen LogP contribution in [0.5, 0.6) is 0 Å². The van der Waals surface area contributed by atoms with Crippen LogP contribution >= 0.6 is 11.3 Å². The van der Waals surface area contributed by atoms with Gasteiger partial charge in [-0.05, 0) is 5.56 Å². The smallest absolute Gasteiger partial charge is 0.232 e. The van der Waals surface area contributed by atoms with Crippen LogP contribution < -0.4 is 21.9 Å². The lowest BCUT2D eigenvalue weighted by molar-refractivity contribution is -0.120. The van der Waals surface area contributed by atoms with Gasteiger partial charge < -0.3 is 11.1 Å². The highest BCUT2D eigenvalue weighted by atomic mass is 32.1. The highest BCUT2D eigenvalue weighted by Gasteiger charge is 2.34. The molecule has 7 nitrogen and oxygen atoms in total. The molecule has 0 bridgehead atoms. The topological polar surface area (TPSA) is 109 Å². The summed E-state index contributed by atoms with van der Waals surface area (Å²) in [7, 11) is 0. The fourth-order valence-corrected chi connectivity index (χ4v) is 3.25. The van der Waals surface area contributed by atoms with Gasteiger partial charge in [-0.3, -0.25) is 15.0 Å². The molecule has 8 heteroatoms. The summed E-state index contributed by atoms with van der Waals surface area (Å²) >= 11 is 1.28. The van der Waals surface area contributed by atoms with Gasteiger partial charge in [-0.15, -0.1) is 11.3 Å². The van der Waals surface area contributed by atoms with Crippen molar-refractivity contribution in [2.45, 2.75) is 12.5 Å². The molecule has 0 saturated carbocycles. The molecule has 3 rings (SSSR count). The van der Waals surface area contributed by atoms with Crippen LogP contribution in [0.4, 0.5) is 5.13 Å². The molecule has 2 heterocycles. The van der Waals surface area contributed by atoms with Crippen LogP contribution in [0.15, 0.2) is 35.7 Å². The molecule has 0 spiro atoms. The van der Waals surface area contributed by atoms with E-state index in [1.54, 1.807) is 5.38 Å². The number of aromatic nitrogens is 1. The van der Waals surface area contributed by atoms with E-state index in [1.807, 2.05) is 30.3 Å². The predicted octanol–water partition coefficient (Wildman–Crippen LogP) is 0.575. The summed E-state index contributed by atoms with van der Waals surface area (Å²) in [4.78, 5) is 27.6. The summed E-state index contributed by atoms with van der Waals surface area (Å²) in [6.45, 7) is 0.533. The first kappa shape index (κ1) is 15.6. The molecule has 2 amide bonds. The number of hydrogen-bond donors (Lipinski definition) is 4. The number of nitrogens with zero attached hydrogens (tertiary/aromatic N) is 1. The SMILES string of the molecule is NC(=O)Cc1csc(NC(=O)C2CNNC2c2ccccc2)n1. The minimum atomic E-state index is -0.443. The van der Waals surface area contributed by atoms with E-state index in [9.17, 15) is 9.59 Å². The zero-order valence-corrected chi connectivity index (χ0v) is 13.1. The first-order chi connectivity index (χ1) is 11.1. The third-order valence-electron chi connectivity index (χ3n) is 3.61. The van der Waals surface area contributed by atoms with Crippen molar-refractivity contribution in [3.05, 3.63) is 47.0 Å². The fraction of sp³-hybridized carbons (Fsp3) is 0.267. The Morgan fingerprint density at radius 3 is 2.87 bits per heavy atom. The van der Waals surface area contributed by atoms with Crippen molar-refractivity contribution in [1.82, 2.24) is 15.8 Å². The molecule has 2 unspecified atom stereocenters. The van der Waals surface area contributed by atoms with Crippen molar-refractivity contribution in [1.29, 1.82) is 0 Å². The van der Waals surface area contributed by atoms with Gasteiger partial charge in [0, 0.05) is 11.9 Å². The molecule has 1 fully saturated rings. The zero-order chi connectivity index (χ0) is 16.2. The number of nitrogens with one attached hydrogen (secondary N) is 3. The number of amides is 2. The Morgan fingerprint density at radius 1 is 1.35 bits per heavy atom. The van der Waals surface area contributed by atoms with Gasteiger partial charge >= 0.3 is 0 Å². The average Bonchev–Trinajstić information content (AvgIpc) is 3.17. The molecule has 2 atom stereocenters. The Balaban J connectivity index is 1.67. The molecule has 2 aromatic rings. The van der Waals surface area contributed by atoms with Crippen molar-refractivity contribution in [2.24, 2.45) is 11.7 Å². The third kappa shape index (κ3) is 3.73. The van der Waals surface area contributed by atoms with Crippen molar-refractivity contribution in [2.75, 3.05) is 11.9 Å². The van der Waals surface area contributed by atoms with Crippen LogP contribution in [0, 0.1) is 5.92 Å². The maximum atomic E-state index is 12.5. The van der Waals surface area contributed by atoms with Gasteiger partial charge in [0.2, 0.25) is 11.8 Å². The first-order valence-electron chi connectivity index (χ1n) is 7.20. The zero-order valence-electron chi connectivity index (χ0n) is 12.3. The van der Waals surface area contributed by atoms with Crippen molar-refractivity contribution >= 4 is 28.3 Å². The number of primary amides is 1. The molecule has 1 aromatic heterocycles. The van der Waals surface area contributed by atoms with Crippen LogP contribution in [-0.4, -0.2) is 23.3 Å². The van der Waals surface area contributed by atoms with E-state index < -0.39 is 5.91 Å². The number of benzene rings is 1. The molecular formula is C15H17N5O2S. The van der Waals surface area contributed by atoms with E-state index >= 15 is 0 Å². The minimum absolute atomic E-state index is 0.0750. The Morgan fingerprint density at radius 2 is 2.13 bits per heavy atom. The average molecular weight is 331 g/mol. The Kier molecular flexibility index (Phi) is 4.65. The maximum absolute atomic E-state index is 12.5. The summed E-state index contributed by atoms with van der Waals surface area (Å²) in [6, 6.07) is 9.71. The van der Waals surface area contributed by atoms with Crippen LogP contribution in [0.2, 0.25) is 0 Å². The molecular weight excluding hydrogens is 314 g/mol. The molecule has 5 N–H and O–H groups in total. The standard InChI is InChI=1S/C15H17N5O2S/c16-12(21)6-10-8-23-15(18-10)19-14(22)11-7-17-20-13(11)9-4-2-1-3-5-9/h1-5,8,11,13,17,20H,6-7H2,(H2,16,21)(H,18,19,22). The van der Waals surface area contributed by atoms with E-state index in [4.69, 9.17) is 5.73 Å². The number of hydrogen-bond acceptors (Lipinski definition) is 6. The molecule has 1 saturated heterocycles. The Labute approximate surface area is 137 Å². The van der Waals surface area contributed by atoms with Crippen molar-refractivity contribution in [3.63, 3.8) is 0 Å². The number of thiazole rings is 1. The number of hydrazine groups is 1. The summed E-state index contributed by atoms with van der Waals surface area (Å²) in [5, 5.41) is 5.01. The van der Waals surface area contributed by atoms with Gasteiger partial charge in [-0.1, -0.05) is 30.3 Å². The second kappa shape index (κ2) is 6.86. The largest absolute Gasteiger partial charge is 0.369 e. The van der Waals surface area contributed by atoms with Gasteiger partial charge in [0.25, 0.3) is 0 Å². The predicted molar refractivity (Wildman–Crippen MR) is 87.5 cm³/mol. The molecule has 1 aromatic carbocycles.